The summed E-state index contributed by atoms with van der Waals surface area (Å²) in [4.78, 5) is 1.55. The zero-order valence-corrected chi connectivity index (χ0v) is 11.2. The summed E-state index contributed by atoms with van der Waals surface area (Å²) in [6, 6.07) is 9.41. The van der Waals surface area contributed by atoms with Gasteiger partial charge < -0.3 is 10.8 Å². The third-order valence-corrected chi connectivity index (χ3v) is 3.16. The smallest absolute Gasteiger partial charge is 0.251 e. The largest absolute Gasteiger partial charge is 0.395 e. The van der Waals surface area contributed by atoms with Gasteiger partial charge in [0, 0.05) is 19.1 Å². The van der Waals surface area contributed by atoms with Crippen molar-refractivity contribution in [2.45, 2.75) is 19.4 Å². The Kier molecular flexibility index (Phi) is 6.91. The molecule has 0 spiro atoms. The van der Waals surface area contributed by atoms with Crippen LogP contribution in [0.3, 0.4) is 0 Å². The Morgan fingerprint density at radius 2 is 1.84 bits per heavy atom. The third kappa shape index (κ3) is 5.63. The summed E-state index contributed by atoms with van der Waals surface area (Å²) in [7, 11) is 0. The van der Waals surface area contributed by atoms with Gasteiger partial charge in [0.1, 0.15) is 0 Å². The zero-order valence-electron chi connectivity index (χ0n) is 11.2. The Morgan fingerprint density at radius 1 is 1.21 bits per heavy atom. The molecule has 19 heavy (non-hydrogen) atoms. The SMILES string of the molecule is CC(CN(CCO)CC(F)F)C(N)c1ccccc1. The molecule has 0 aliphatic heterocycles. The molecule has 3 N–H and O–H groups in total. The van der Waals surface area contributed by atoms with Crippen molar-refractivity contribution in [2.24, 2.45) is 11.7 Å². The minimum Gasteiger partial charge on any atom is -0.395 e. The highest BCUT2D eigenvalue weighted by molar-refractivity contribution is 5.19. The molecule has 0 fully saturated rings. The molecule has 1 aromatic rings. The molecule has 0 saturated heterocycles. The van der Waals surface area contributed by atoms with Gasteiger partial charge in [-0.1, -0.05) is 37.3 Å². The van der Waals surface area contributed by atoms with Gasteiger partial charge in [-0.15, -0.1) is 0 Å². The van der Waals surface area contributed by atoms with Crippen LogP contribution >= 0.6 is 0 Å². The lowest BCUT2D eigenvalue weighted by molar-refractivity contribution is 0.0690. The number of hydrogen-bond acceptors (Lipinski definition) is 3. The molecular weight excluding hydrogens is 250 g/mol. The normalized spacial score (nSPS) is 14.9. The van der Waals surface area contributed by atoms with Crippen molar-refractivity contribution in [2.75, 3.05) is 26.2 Å². The topological polar surface area (TPSA) is 49.5 Å². The van der Waals surface area contributed by atoms with Gasteiger partial charge in [0.15, 0.2) is 0 Å². The van der Waals surface area contributed by atoms with E-state index in [-0.39, 0.29) is 31.7 Å². The average Bonchev–Trinajstić information content (AvgIpc) is 2.38. The van der Waals surface area contributed by atoms with E-state index in [1.807, 2.05) is 37.3 Å². The van der Waals surface area contributed by atoms with Crippen molar-refractivity contribution in [1.29, 1.82) is 0 Å². The predicted octanol–water partition coefficient (Wildman–Crippen LogP) is 1.88. The van der Waals surface area contributed by atoms with Crippen LogP contribution in [0.4, 0.5) is 8.78 Å². The molecule has 1 rings (SSSR count). The Morgan fingerprint density at radius 3 is 2.37 bits per heavy atom. The Labute approximate surface area is 113 Å². The maximum Gasteiger partial charge on any atom is 0.251 e. The average molecular weight is 272 g/mol. The van der Waals surface area contributed by atoms with E-state index in [0.717, 1.165) is 5.56 Å². The van der Waals surface area contributed by atoms with E-state index in [2.05, 4.69) is 0 Å². The summed E-state index contributed by atoms with van der Waals surface area (Å²) >= 11 is 0. The van der Waals surface area contributed by atoms with Gasteiger partial charge >= 0.3 is 0 Å². The number of hydrogen-bond donors (Lipinski definition) is 2. The van der Waals surface area contributed by atoms with Crippen molar-refractivity contribution in [3.8, 4) is 0 Å². The van der Waals surface area contributed by atoms with Gasteiger partial charge in [0.05, 0.1) is 13.2 Å². The van der Waals surface area contributed by atoms with Gasteiger partial charge in [-0.25, -0.2) is 8.78 Å². The summed E-state index contributed by atoms with van der Waals surface area (Å²) in [5, 5.41) is 8.90. The number of aliphatic hydroxyl groups excluding tert-OH is 1. The zero-order chi connectivity index (χ0) is 14.3. The number of nitrogens with two attached hydrogens (primary N) is 1. The van der Waals surface area contributed by atoms with Crippen molar-refractivity contribution in [3.05, 3.63) is 35.9 Å². The van der Waals surface area contributed by atoms with Crippen molar-refractivity contribution in [3.63, 3.8) is 0 Å². The fourth-order valence-electron chi connectivity index (χ4n) is 2.12. The minimum absolute atomic E-state index is 0.0349. The highest BCUT2D eigenvalue weighted by Crippen LogP contribution is 2.20. The molecule has 1 aromatic carbocycles. The van der Waals surface area contributed by atoms with Crippen LogP contribution in [0.25, 0.3) is 0 Å². The molecule has 3 nitrogen and oxygen atoms in total. The first-order valence-corrected chi connectivity index (χ1v) is 6.46. The van der Waals surface area contributed by atoms with Crippen LogP contribution in [-0.2, 0) is 0 Å². The molecule has 0 heterocycles. The molecule has 0 saturated carbocycles. The first kappa shape index (κ1) is 16.0. The van der Waals surface area contributed by atoms with E-state index in [1.54, 1.807) is 4.90 Å². The Bertz CT molecular complexity index is 349. The highest BCUT2D eigenvalue weighted by Gasteiger charge is 2.20. The van der Waals surface area contributed by atoms with Crippen molar-refractivity contribution in [1.82, 2.24) is 4.90 Å². The predicted molar refractivity (Wildman–Crippen MR) is 72.1 cm³/mol. The number of aliphatic hydroxyl groups is 1. The number of nitrogens with zero attached hydrogens (tertiary/aromatic N) is 1. The molecule has 0 bridgehead atoms. The second-order valence-electron chi connectivity index (χ2n) is 4.79. The van der Waals surface area contributed by atoms with Crippen LogP contribution < -0.4 is 5.73 Å². The van der Waals surface area contributed by atoms with Crippen LogP contribution in [0.1, 0.15) is 18.5 Å². The summed E-state index contributed by atoms with van der Waals surface area (Å²) in [6.45, 7) is 2.18. The van der Waals surface area contributed by atoms with Gasteiger partial charge in [-0.2, -0.15) is 0 Å². The molecular formula is C14H22F2N2O. The molecule has 2 unspecified atom stereocenters. The maximum absolute atomic E-state index is 12.4. The summed E-state index contributed by atoms with van der Waals surface area (Å²) < 4.78 is 24.9. The van der Waals surface area contributed by atoms with Crippen LogP contribution in [0.15, 0.2) is 30.3 Å². The first-order valence-electron chi connectivity index (χ1n) is 6.46. The van der Waals surface area contributed by atoms with Gasteiger partial charge in [0.25, 0.3) is 6.43 Å². The number of alkyl halides is 2. The van der Waals surface area contributed by atoms with Crippen LogP contribution in [0.5, 0.6) is 0 Å². The van der Waals surface area contributed by atoms with Gasteiger partial charge in [-0.05, 0) is 11.5 Å². The van der Waals surface area contributed by atoms with Crippen LogP contribution in [0.2, 0.25) is 0 Å². The number of halogens is 2. The van der Waals surface area contributed by atoms with E-state index in [1.165, 1.54) is 0 Å². The fourth-order valence-corrected chi connectivity index (χ4v) is 2.12. The Balaban J connectivity index is 2.58. The number of benzene rings is 1. The fraction of sp³-hybridized carbons (Fsp3) is 0.571. The van der Waals surface area contributed by atoms with Crippen molar-refractivity contribution < 1.29 is 13.9 Å². The third-order valence-electron chi connectivity index (χ3n) is 3.16. The molecule has 0 radical (unpaired) electrons. The molecule has 0 aliphatic rings. The quantitative estimate of drug-likeness (QED) is 0.759. The van der Waals surface area contributed by atoms with Crippen molar-refractivity contribution >= 4 is 0 Å². The monoisotopic (exact) mass is 272 g/mol. The summed E-state index contributed by atoms with van der Waals surface area (Å²) in [5.41, 5.74) is 7.13. The minimum atomic E-state index is -2.40. The van der Waals surface area contributed by atoms with E-state index < -0.39 is 6.43 Å². The van der Waals surface area contributed by atoms with Crippen LogP contribution in [0, 0.1) is 5.92 Å². The molecule has 108 valence electrons. The van der Waals surface area contributed by atoms with Crippen LogP contribution in [-0.4, -0.2) is 42.7 Å². The molecule has 5 heteroatoms. The molecule has 0 aromatic heterocycles. The summed E-state index contributed by atoms with van der Waals surface area (Å²) in [6.07, 6.45) is -2.40. The molecule has 0 amide bonds. The molecule has 2 atom stereocenters. The van der Waals surface area contributed by atoms with Gasteiger partial charge in [0.2, 0.25) is 0 Å². The van der Waals surface area contributed by atoms with Gasteiger partial charge in [-0.3, -0.25) is 4.90 Å². The lowest BCUT2D eigenvalue weighted by Crippen LogP contribution is -2.38. The van der Waals surface area contributed by atoms with E-state index in [0.29, 0.717) is 6.54 Å². The van der Waals surface area contributed by atoms with E-state index >= 15 is 0 Å². The Hall–Kier alpha value is -1.04. The van der Waals surface area contributed by atoms with E-state index in [9.17, 15) is 8.78 Å². The lowest BCUT2D eigenvalue weighted by Gasteiger charge is -2.28. The maximum atomic E-state index is 12.4. The molecule has 0 aliphatic carbocycles. The standard InChI is InChI=1S/C14H22F2N2O/c1-11(9-18(7-8-19)10-13(15)16)14(17)12-5-3-2-4-6-12/h2-6,11,13-14,19H,7-10,17H2,1H3. The second-order valence-corrected chi connectivity index (χ2v) is 4.79. The highest BCUT2D eigenvalue weighted by atomic mass is 19.3. The van der Waals surface area contributed by atoms with E-state index in [4.69, 9.17) is 10.8 Å². The lowest BCUT2D eigenvalue weighted by atomic mass is 9.95. The first-order chi connectivity index (χ1) is 9.04. The number of rotatable bonds is 8. The second kappa shape index (κ2) is 8.19. The summed E-state index contributed by atoms with van der Waals surface area (Å²) in [5.74, 6) is 0.0349.